The van der Waals surface area contributed by atoms with Crippen LogP contribution in [-0.2, 0) is 14.3 Å². The van der Waals surface area contributed by atoms with E-state index in [1.807, 2.05) is 0 Å². The Kier molecular flexibility index (Phi) is 3.89. The van der Waals surface area contributed by atoms with Crippen molar-refractivity contribution in [1.82, 2.24) is 0 Å². The van der Waals surface area contributed by atoms with Crippen LogP contribution in [0.2, 0.25) is 0 Å². The topological polar surface area (TPSA) is 43.4 Å². The molecule has 0 N–H and O–H groups in total. The van der Waals surface area contributed by atoms with Crippen LogP contribution in [0.3, 0.4) is 0 Å². The standard InChI is InChI=1S/C21H30O3/c1-12-10-14-11-15(23)4-5-16(14)17-8-9-21(3)18(20(12)17)6-7-19(21)24-13(2)22/h12,17-20H,4-11H2,1-3H3/t12-,17?,18?,19+,20?,21+/m1/s1. The van der Waals surface area contributed by atoms with E-state index in [2.05, 4.69) is 13.8 Å². The third-order valence-corrected chi connectivity index (χ3v) is 7.76. The fourth-order valence-corrected chi connectivity index (χ4v) is 6.81. The van der Waals surface area contributed by atoms with Gasteiger partial charge in [-0.25, -0.2) is 0 Å². The van der Waals surface area contributed by atoms with Gasteiger partial charge in [0.15, 0.2) is 0 Å². The average Bonchev–Trinajstić information content (AvgIpc) is 2.83. The summed E-state index contributed by atoms with van der Waals surface area (Å²) in [5.74, 6) is 3.04. The molecule has 0 saturated heterocycles. The van der Waals surface area contributed by atoms with Crippen LogP contribution in [0.5, 0.6) is 0 Å². The molecule has 0 aromatic rings. The molecule has 132 valence electrons. The first-order chi connectivity index (χ1) is 11.4. The molecule has 0 heterocycles. The predicted molar refractivity (Wildman–Crippen MR) is 92.3 cm³/mol. The van der Waals surface area contributed by atoms with Crippen LogP contribution >= 0.6 is 0 Å². The van der Waals surface area contributed by atoms with E-state index in [0.717, 1.165) is 44.4 Å². The molecule has 0 radical (unpaired) electrons. The summed E-state index contributed by atoms with van der Waals surface area (Å²) in [4.78, 5) is 23.4. The molecular weight excluding hydrogens is 300 g/mol. The van der Waals surface area contributed by atoms with Crippen molar-refractivity contribution in [1.29, 1.82) is 0 Å². The van der Waals surface area contributed by atoms with Crippen LogP contribution in [-0.4, -0.2) is 17.9 Å². The molecule has 0 aliphatic heterocycles. The van der Waals surface area contributed by atoms with Gasteiger partial charge in [0.05, 0.1) is 0 Å². The van der Waals surface area contributed by atoms with Crippen molar-refractivity contribution in [3.05, 3.63) is 11.1 Å². The molecule has 4 aliphatic rings. The maximum absolute atomic E-state index is 11.9. The van der Waals surface area contributed by atoms with Gasteiger partial charge in [0.1, 0.15) is 11.9 Å². The molecule has 2 saturated carbocycles. The van der Waals surface area contributed by atoms with E-state index in [0.29, 0.717) is 23.5 Å². The van der Waals surface area contributed by atoms with Crippen molar-refractivity contribution in [2.45, 2.75) is 78.2 Å². The molecule has 0 aromatic carbocycles. The minimum atomic E-state index is -0.128. The largest absolute Gasteiger partial charge is 0.462 e. The number of hydrogen-bond donors (Lipinski definition) is 0. The number of ether oxygens (including phenoxy) is 1. The molecule has 3 heteroatoms. The van der Waals surface area contributed by atoms with Gasteiger partial charge in [-0.2, -0.15) is 0 Å². The van der Waals surface area contributed by atoms with Gasteiger partial charge in [0, 0.05) is 25.2 Å². The number of hydrogen-bond acceptors (Lipinski definition) is 3. The Balaban J connectivity index is 1.64. The summed E-state index contributed by atoms with van der Waals surface area (Å²) in [6.07, 6.45) is 8.32. The average molecular weight is 330 g/mol. The minimum absolute atomic E-state index is 0.108. The van der Waals surface area contributed by atoms with Crippen molar-refractivity contribution in [2.75, 3.05) is 0 Å². The van der Waals surface area contributed by atoms with Gasteiger partial charge in [-0.1, -0.05) is 25.0 Å². The number of Topliss-reactive ketones (excluding diaryl/α,β-unsaturated/α-hetero) is 1. The number of fused-ring (bicyclic) bond motifs is 4. The molecule has 0 amide bonds. The normalized spacial score (nSPS) is 44.6. The van der Waals surface area contributed by atoms with Gasteiger partial charge >= 0.3 is 5.97 Å². The third-order valence-electron chi connectivity index (χ3n) is 7.76. The molecule has 4 rings (SSSR count). The first-order valence-electron chi connectivity index (χ1n) is 9.80. The number of esters is 1. The van der Waals surface area contributed by atoms with Gasteiger partial charge < -0.3 is 4.74 Å². The Morgan fingerprint density at radius 1 is 1.21 bits per heavy atom. The highest BCUT2D eigenvalue weighted by Gasteiger charge is 2.57. The second-order valence-electron chi connectivity index (χ2n) is 9.04. The van der Waals surface area contributed by atoms with Crippen molar-refractivity contribution in [2.24, 2.45) is 29.1 Å². The van der Waals surface area contributed by atoms with E-state index < -0.39 is 0 Å². The highest BCUT2D eigenvalue weighted by Crippen LogP contribution is 2.62. The molecule has 4 aliphatic carbocycles. The Morgan fingerprint density at radius 3 is 2.75 bits per heavy atom. The van der Waals surface area contributed by atoms with Crippen molar-refractivity contribution >= 4 is 11.8 Å². The number of carbonyl (C=O) groups excluding carboxylic acids is 2. The predicted octanol–water partition coefficient (Wildman–Crippen LogP) is 4.45. The lowest BCUT2D eigenvalue weighted by Gasteiger charge is -2.53. The molecule has 24 heavy (non-hydrogen) atoms. The summed E-state index contributed by atoms with van der Waals surface area (Å²) in [7, 11) is 0. The fraction of sp³-hybridized carbons (Fsp3) is 0.810. The van der Waals surface area contributed by atoms with Gasteiger partial charge in [0.2, 0.25) is 0 Å². The first-order valence-corrected chi connectivity index (χ1v) is 9.80. The van der Waals surface area contributed by atoms with E-state index in [1.54, 1.807) is 12.5 Å². The summed E-state index contributed by atoms with van der Waals surface area (Å²) < 4.78 is 5.72. The highest BCUT2D eigenvalue weighted by molar-refractivity contribution is 5.82. The summed E-state index contributed by atoms with van der Waals surface area (Å²) in [6.45, 7) is 6.31. The van der Waals surface area contributed by atoms with Crippen LogP contribution in [0.15, 0.2) is 11.1 Å². The second-order valence-corrected chi connectivity index (χ2v) is 9.04. The summed E-state index contributed by atoms with van der Waals surface area (Å²) in [6, 6.07) is 0. The first kappa shape index (κ1) is 16.4. The number of ketones is 1. The van der Waals surface area contributed by atoms with Crippen LogP contribution in [0.4, 0.5) is 0 Å². The maximum Gasteiger partial charge on any atom is 0.302 e. The fourth-order valence-electron chi connectivity index (χ4n) is 6.81. The molecule has 6 atom stereocenters. The SMILES string of the molecule is CC(=O)O[C@H]1CCC2C3C(CC[C@@]21C)C1=C(CC(=O)CC1)C[C@H]3C. The zero-order valence-corrected chi connectivity index (χ0v) is 15.3. The number of allylic oxidation sites excluding steroid dienone is 2. The quantitative estimate of drug-likeness (QED) is 0.527. The van der Waals surface area contributed by atoms with Crippen LogP contribution in [0, 0.1) is 29.1 Å². The van der Waals surface area contributed by atoms with Crippen molar-refractivity contribution < 1.29 is 14.3 Å². The Labute approximate surface area is 145 Å². The Hall–Kier alpha value is -1.12. The highest BCUT2D eigenvalue weighted by atomic mass is 16.5. The minimum Gasteiger partial charge on any atom is -0.462 e. The molecule has 0 aromatic heterocycles. The molecule has 3 nitrogen and oxygen atoms in total. The van der Waals surface area contributed by atoms with Gasteiger partial charge in [-0.15, -0.1) is 0 Å². The monoisotopic (exact) mass is 330 g/mol. The van der Waals surface area contributed by atoms with Crippen LogP contribution in [0.1, 0.15) is 72.1 Å². The van der Waals surface area contributed by atoms with Crippen LogP contribution in [0.25, 0.3) is 0 Å². The maximum atomic E-state index is 11.9. The van der Waals surface area contributed by atoms with Gasteiger partial charge in [-0.05, 0) is 62.2 Å². The summed E-state index contributed by atoms with van der Waals surface area (Å²) in [5, 5.41) is 0. The number of carbonyl (C=O) groups is 2. The van der Waals surface area contributed by atoms with Crippen molar-refractivity contribution in [3.63, 3.8) is 0 Å². The van der Waals surface area contributed by atoms with Gasteiger partial charge in [-0.3, -0.25) is 9.59 Å². The molecule has 0 bridgehead atoms. The zero-order valence-electron chi connectivity index (χ0n) is 15.3. The Morgan fingerprint density at radius 2 is 2.00 bits per heavy atom. The lowest BCUT2D eigenvalue weighted by molar-refractivity contribution is -0.155. The third kappa shape index (κ3) is 2.38. The summed E-state index contributed by atoms with van der Waals surface area (Å²) in [5.41, 5.74) is 3.29. The summed E-state index contributed by atoms with van der Waals surface area (Å²) >= 11 is 0. The molecule has 2 fully saturated rings. The Bertz CT molecular complexity index is 604. The van der Waals surface area contributed by atoms with Crippen molar-refractivity contribution in [3.8, 4) is 0 Å². The van der Waals surface area contributed by atoms with E-state index in [9.17, 15) is 9.59 Å². The van der Waals surface area contributed by atoms with E-state index >= 15 is 0 Å². The molecular formula is C21H30O3. The lowest BCUT2D eigenvalue weighted by atomic mass is 9.51. The lowest BCUT2D eigenvalue weighted by Crippen LogP contribution is -2.48. The second kappa shape index (κ2) is 5.71. The van der Waals surface area contributed by atoms with E-state index in [-0.39, 0.29) is 17.5 Å². The van der Waals surface area contributed by atoms with Gasteiger partial charge in [0.25, 0.3) is 0 Å². The van der Waals surface area contributed by atoms with E-state index in [4.69, 9.17) is 4.74 Å². The van der Waals surface area contributed by atoms with E-state index in [1.165, 1.54) is 18.4 Å². The number of rotatable bonds is 1. The van der Waals surface area contributed by atoms with Crippen LogP contribution < -0.4 is 0 Å². The molecule has 3 unspecified atom stereocenters. The molecule has 0 spiro atoms. The zero-order chi connectivity index (χ0) is 17.1. The smallest absolute Gasteiger partial charge is 0.302 e.